The van der Waals surface area contributed by atoms with Crippen molar-refractivity contribution in [3.05, 3.63) is 29.0 Å². The second-order valence-electron chi connectivity index (χ2n) is 5.00. The molecule has 0 heterocycles. The van der Waals surface area contributed by atoms with Gasteiger partial charge in [-0.25, -0.2) is 9.18 Å². The average molecular weight is 317 g/mol. The van der Waals surface area contributed by atoms with Crippen LogP contribution in [0.2, 0.25) is 5.02 Å². The van der Waals surface area contributed by atoms with Gasteiger partial charge in [0.15, 0.2) is 0 Å². The lowest BCUT2D eigenvalue weighted by Crippen LogP contribution is -2.38. The lowest BCUT2D eigenvalue weighted by atomic mass is 9.89. The molecule has 0 atom stereocenters. The first-order valence-electron chi connectivity index (χ1n) is 5.91. The number of benzene rings is 1. The molecule has 0 bridgehead atoms. The van der Waals surface area contributed by atoms with Crippen molar-refractivity contribution < 1.29 is 23.9 Å². The van der Waals surface area contributed by atoms with E-state index < -0.39 is 29.1 Å². The van der Waals surface area contributed by atoms with Crippen molar-refractivity contribution in [3.63, 3.8) is 0 Å². The van der Waals surface area contributed by atoms with Crippen molar-refractivity contribution in [1.82, 2.24) is 5.32 Å². The van der Waals surface area contributed by atoms with Crippen LogP contribution in [0.1, 0.15) is 20.3 Å². The van der Waals surface area contributed by atoms with Gasteiger partial charge in [-0.2, -0.15) is 0 Å². The quantitative estimate of drug-likeness (QED) is 0.795. The Morgan fingerprint density at radius 2 is 1.95 bits per heavy atom. The summed E-state index contributed by atoms with van der Waals surface area (Å²) < 4.78 is 12.9. The van der Waals surface area contributed by atoms with Crippen molar-refractivity contribution in [2.75, 3.05) is 5.32 Å². The summed E-state index contributed by atoms with van der Waals surface area (Å²) in [5.74, 6) is -2.53. The number of nitrogens with one attached hydrogen (secondary N) is 2. The molecule has 1 aromatic rings. The summed E-state index contributed by atoms with van der Waals surface area (Å²) in [4.78, 5) is 34.0. The highest BCUT2D eigenvalue weighted by molar-refractivity contribution is 6.31. The number of carbonyl (C=O) groups excluding carboxylic acids is 2. The van der Waals surface area contributed by atoms with Crippen LogP contribution < -0.4 is 10.6 Å². The van der Waals surface area contributed by atoms with Crippen LogP contribution in [-0.4, -0.2) is 23.0 Å². The van der Waals surface area contributed by atoms with E-state index in [4.69, 9.17) is 16.7 Å². The maximum atomic E-state index is 12.9. The van der Waals surface area contributed by atoms with Gasteiger partial charge in [-0.15, -0.1) is 0 Å². The van der Waals surface area contributed by atoms with Gasteiger partial charge in [0, 0.05) is 12.1 Å². The Kier molecular flexibility index (Phi) is 5.26. The highest BCUT2D eigenvalue weighted by Crippen LogP contribution is 2.21. The monoisotopic (exact) mass is 316 g/mol. The number of halogens is 2. The molecule has 3 amide bonds. The first kappa shape index (κ1) is 16.9. The molecule has 6 nitrogen and oxygen atoms in total. The minimum absolute atomic E-state index is 0.175. The second-order valence-corrected chi connectivity index (χ2v) is 5.40. The van der Waals surface area contributed by atoms with E-state index in [2.05, 4.69) is 5.32 Å². The van der Waals surface area contributed by atoms with Crippen LogP contribution in [0.3, 0.4) is 0 Å². The molecule has 0 radical (unpaired) electrons. The molecule has 0 aliphatic rings. The van der Waals surface area contributed by atoms with E-state index in [1.807, 2.05) is 5.32 Å². The van der Waals surface area contributed by atoms with Gasteiger partial charge in [0.05, 0.1) is 10.4 Å². The van der Waals surface area contributed by atoms with E-state index in [0.717, 1.165) is 6.07 Å². The van der Waals surface area contributed by atoms with Crippen LogP contribution in [0.4, 0.5) is 14.9 Å². The fourth-order valence-electron chi connectivity index (χ4n) is 1.38. The molecule has 1 rings (SSSR count). The van der Waals surface area contributed by atoms with E-state index in [1.54, 1.807) is 0 Å². The predicted octanol–water partition coefficient (Wildman–Crippen LogP) is 2.63. The average Bonchev–Trinajstić information content (AvgIpc) is 2.32. The van der Waals surface area contributed by atoms with Crippen molar-refractivity contribution in [3.8, 4) is 0 Å². The predicted molar refractivity (Wildman–Crippen MR) is 74.6 cm³/mol. The van der Waals surface area contributed by atoms with Crippen molar-refractivity contribution >= 4 is 35.2 Å². The third-order valence-corrected chi connectivity index (χ3v) is 2.90. The fourth-order valence-corrected chi connectivity index (χ4v) is 1.56. The number of imide groups is 1. The van der Waals surface area contributed by atoms with Gasteiger partial charge >= 0.3 is 12.0 Å². The van der Waals surface area contributed by atoms with Crippen molar-refractivity contribution in [1.29, 1.82) is 0 Å². The van der Waals surface area contributed by atoms with Crippen LogP contribution in [0.5, 0.6) is 0 Å². The van der Waals surface area contributed by atoms with E-state index >= 15 is 0 Å². The van der Waals surface area contributed by atoms with Crippen LogP contribution in [0, 0.1) is 11.2 Å². The number of anilines is 1. The van der Waals surface area contributed by atoms with E-state index in [1.165, 1.54) is 26.0 Å². The maximum absolute atomic E-state index is 12.9. The van der Waals surface area contributed by atoms with Gasteiger partial charge in [-0.05, 0) is 32.0 Å². The van der Waals surface area contributed by atoms with E-state index in [0.29, 0.717) is 0 Å². The highest BCUT2D eigenvalue weighted by atomic mass is 35.5. The highest BCUT2D eigenvalue weighted by Gasteiger charge is 2.30. The smallest absolute Gasteiger partial charge is 0.325 e. The molecule has 114 valence electrons. The largest absolute Gasteiger partial charge is 0.481 e. The van der Waals surface area contributed by atoms with Crippen molar-refractivity contribution in [2.24, 2.45) is 5.41 Å². The topological polar surface area (TPSA) is 95.5 Å². The number of carbonyl (C=O) groups is 3. The van der Waals surface area contributed by atoms with Crippen molar-refractivity contribution in [2.45, 2.75) is 20.3 Å². The number of rotatable bonds is 4. The summed E-state index contributed by atoms with van der Waals surface area (Å²) in [5, 5.41) is 13.0. The van der Waals surface area contributed by atoms with Crippen LogP contribution in [-0.2, 0) is 9.59 Å². The lowest BCUT2D eigenvalue weighted by molar-refractivity contribution is -0.149. The standard InChI is InChI=1S/C13H14ClFN2O4/c1-13(2,11(19)20)6-10(18)17-12(21)16-7-3-4-9(15)8(14)5-7/h3-5H,6H2,1-2H3,(H,19,20)(H2,16,17,18,21). The minimum Gasteiger partial charge on any atom is -0.481 e. The molecular weight excluding hydrogens is 303 g/mol. The lowest BCUT2D eigenvalue weighted by Gasteiger charge is -2.17. The maximum Gasteiger partial charge on any atom is 0.325 e. The number of aliphatic carboxylic acids is 1. The van der Waals surface area contributed by atoms with Crippen LogP contribution in [0.25, 0.3) is 0 Å². The Balaban J connectivity index is 2.59. The van der Waals surface area contributed by atoms with Gasteiger partial charge in [-0.1, -0.05) is 11.6 Å². The molecule has 0 aliphatic carbocycles. The van der Waals surface area contributed by atoms with Crippen LogP contribution in [0.15, 0.2) is 18.2 Å². The summed E-state index contributed by atoms with van der Waals surface area (Å²) >= 11 is 5.55. The van der Waals surface area contributed by atoms with Gasteiger partial charge in [0.25, 0.3) is 0 Å². The minimum atomic E-state index is -1.29. The number of carboxylic acid groups (broad SMARTS) is 1. The summed E-state index contributed by atoms with van der Waals surface area (Å²) in [6, 6.07) is 2.66. The van der Waals surface area contributed by atoms with Gasteiger partial charge in [0.1, 0.15) is 5.82 Å². The number of carboxylic acids is 1. The van der Waals surface area contributed by atoms with Gasteiger partial charge in [-0.3, -0.25) is 14.9 Å². The molecule has 8 heteroatoms. The van der Waals surface area contributed by atoms with E-state index in [-0.39, 0.29) is 17.1 Å². The van der Waals surface area contributed by atoms with Gasteiger partial charge in [0.2, 0.25) is 5.91 Å². The molecule has 3 N–H and O–H groups in total. The molecular formula is C13H14ClFN2O4. The molecule has 0 saturated carbocycles. The fraction of sp³-hybridized carbons (Fsp3) is 0.308. The molecule has 21 heavy (non-hydrogen) atoms. The number of amides is 3. The molecule has 0 fully saturated rings. The Bertz CT molecular complexity index is 590. The molecule has 1 aromatic carbocycles. The van der Waals surface area contributed by atoms with Gasteiger partial charge < -0.3 is 10.4 Å². The molecule has 0 aliphatic heterocycles. The molecule has 0 spiro atoms. The molecule has 0 aromatic heterocycles. The van der Waals surface area contributed by atoms with E-state index in [9.17, 15) is 18.8 Å². The second kappa shape index (κ2) is 6.53. The summed E-state index contributed by atoms with van der Waals surface area (Å²) in [7, 11) is 0. The summed E-state index contributed by atoms with van der Waals surface area (Å²) in [6.45, 7) is 2.74. The summed E-state index contributed by atoms with van der Waals surface area (Å²) in [5.41, 5.74) is -1.09. The SMILES string of the molecule is CC(C)(CC(=O)NC(=O)Nc1ccc(F)c(Cl)c1)C(=O)O. The Morgan fingerprint density at radius 3 is 2.48 bits per heavy atom. The Labute approximate surface area is 125 Å². The van der Waals surface area contributed by atoms with Crippen LogP contribution >= 0.6 is 11.6 Å². The third-order valence-electron chi connectivity index (χ3n) is 2.61. The normalized spacial score (nSPS) is 10.9. The number of hydrogen-bond acceptors (Lipinski definition) is 3. The zero-order valence-corrected chi connectivity index (χ0v) is 12.1. The molecule has 0 unspecified atom stereocenters. The number of hydrogen-bond donors (Lipinski definition) is 3. The first-order valence-corrected chi connectivity index (χ1v) is 6.29. The first-order chi connectivity index (χ1) is 9.61. The Hall–Kier alpha value is -2.15. The zero-order valence-electron chi connectivity index (χ0n) is 11.4. The zero-order chi connectivity index (χ0) is 16.2. The number of urea groups is 1. The third kappa shape index (κ3) is 5.03. The Morgan fingerprint density at radius 1 is 1.33 bits per heavy atom. The summed E-state index contributed by atoms with van der Waals surface area (Å²) in [6.07, 6.45) is -0.361. The molecule has 0 saturated heterocycles.